The van der Waals surface area contributed by atoms with Crippen LogP contribution in [0, 0.1) is 0 Å². The van der Waals surface area contributed by atoms with Crippen molar-refractivity contribution in [3.05, 3.63) is 104 Å². The standard InChI is InChI=1S/C15H14BrNO.C8H7BrO2/c16-14-8-6-12(7-9-14)10-15(18)17-11-13-4-2-1-3-5-13;9-7-3-1-6(2-4-7)5-8(10)11/h1-9H,10-11H2,(H,17,18);1-4H,5H2,(H,10,11). The number of carbonyl (C=O) groups is 2. The Morgan fingerprint density at radius 1 is 0.690 bits per heavy atom. The molecule has 0 aliphatic heterocycles. The number of rotatable bonds is 6. The molecule has 0 aromatic heterocycles. The summed E-state index contributed by atoms with van der Waals surface area (Å²) in [5.74, 6) is -0.756. The summed E-state index contributed by atoms with van der Waals surface area (Å²) in [7, 11) is 0. The first-order chi connectivity index (χ1) is 13.9. The number of carbonyl (C=O) groups excluding carboxylic acids is 1. The number of halogens is 2. The SMILES string of the molecule is O=C(Cc1ccc(Br)cc1)NCc1ccccc1.O=C(O)Cc1ccc(Br)cc1. The zero-order valence-corrected chi connectivity index (χ0v) is 18.8. The first kappa shape index (κ1) is 22.8. The number of carboxylic acids is 1. The van der Waals surface area contributed by atoms with Crippen LogP contribution in [0.5, 0.6) is 0 Å². The van der Waals surface area contributed by atoms with Gasteiger partial charge < -0.3 is 10.4 Å². The molecular formula is C23H21Br2NO3. The lowest BCUT2D eigenvalue weighted by molar-refractivity contribution is -0.136. The third-order valence-electron chi connectivity index (χ3n) is 3.88. The van der Waals surface area contributed by atoms with Crippen molar-refractivity contribution in [3.63, 3.8) is 0 Å². The van der Waals surface area contributed by atoms with Gasteiger partial charge in [-0.05, 0) is 41.0 Å². The third kappa shape index (κ3) is 9.54. The van der Waals surface area contributed by atoms with Crippen molar-refractivity contribution in [1.29, 1.82) is 0 Å². The Bertz CT molecular complexity index is 911. The van der Waals surface area contributed by atoms with Crippen LogP contribution < -0.4 is 5.32 Å². The summed E-state index contributed by atoms with van der Waals surface area (Å²) >= 11 is 6.64. The van der Waals surface area contributed by atoms with Gasteiger partial charge in [0.25, 0.3) is 0 Å². The molecule has 0 heterocycles. The molecule has 0 unspecified atom stereocenters. The van der Waals surface area contributed by atoms with Crippen LogP contribution in [0.4, 0.5) is 0 Å². The van der Waals surface area contributed by atoms with Gasteiger partial charge in [-0.15, -0.1) is 0 Å². The highest BCUT2D eigenvalue weighted by molar-refractivity contribution is 9.10. The normalized spacial score (nSPS) is 9.86. The molecule has 3 rings (SSSR count). The van der Waals surface area contributed by atoms with Crippen molar-refractivity contribution >= 4 is 43.7 Å². The van der Waals surface area contributed by atoms with Gasteiger partial charge in [-0.3, -0.25) is 9.59 Å². The van der Waals surface area contributed by atoms with Crippen LogP contribution in [0.15, 0.2) is 87.8 Å². The molecule has 1 amide bonds. The smallest absolute Gasteiger partial charge is 0.307 e. The second-order valence-electron chi connectivity index (χ2n) is 6.26. The molecule has 0 fully saturated rings. The minimum Gasteiger partial charge on any atom is -0.481 e. The van der Waals surface area contributed by atoms with Crippen molar-refractivity contribution < 1.29 is 14.7 Å². The molecule has 0 saturated carbocycles. The van der Waals surface area contributed by atoms with E-state index in [2.05, 4.69) is 37.2 Å². The molecule has 0 radical (unpaired) electrons. The van der Waals surface area contributed by atoms with Crippen LogP contribution in [-0.2, 0) is 29.0 Å². The summed E-state index contributed by atoms with van der Waals surface area (Å²) in [6.07, 6.45) is 0.507. The van der Waals surface area contributed by atoms with Gasteiger partial charge in [-0.25, -0.2) is 0 Å². The molecule has 6 heteroatoms. The van der Waals surface area contributed by atoms with E-state index in [1.54, 1.807) is 12.1 Å². The van der Waals surface area contributed by atoms with Crippen LogP contribution in [0.1, 0.15) is 16.7 Å². The summed E-state index contributed by atoms with van der Waals surface area (Å²) in [6.45, 7) is 0.580. The predicted octanol–water partition coefficient (Wildman–Crippen LogP) is 5.38. The van der Waals surface area contributed by atoms with Gasteiger partial charge in [-0.1, -0.05) is 86.5 Å². The Balaban J connectivity index is 0.000000234. The van der Waals surface area contributed by atoms with Gasteiger partial charge in [0.15, 0.2) is 0 Å². The maximum atomic E-state index is 11.7. The minimum absolute atomic E-state index is 0.0428. The van der Waals surface area contributed by atoms with E-state index in [1.807, 2.05) is 66.7 Å². The van der Waals surface area contributed by atoms with Crippen LogP contribution in [0.25, 0.3) is 0 Å². The quantitative estimate of drug-likeness (QED) is 0.460. The largest absolute Gasteiger partial charge is 0.481 e. The zero-order chi connectivity index (χ0) is 21.1. The molecule has 3 aromatic rings. The molecule has 0 aliphatic carbocycles. The number of nitrogens with one attached hydrogen (secondary N) is 1. The molecular weight excluding hydrogens is 498 g/mol. The summed E-state index contributed by atoms with van der Waals surface area (Å²) in [5.41, 5.74) is 2.95. The lowest BCUT2D eigenvalue weighted by atomic mass is 10.1. The second-order valence-corrected chi connectivity index (χ2v) is 8.09. The monoisotopic (exact) mass is 517 g/mol. The highest BCUT2D eigenvalue weighted by Gasteiger charge is 2.03. The van der Waals surface area contributed by atoms with E-state index in [9.17, 15) is 9.59 Å². The lowest BCUT2D eigenvalue weighted by Crippen LogP contribution is -2.24. The van der Waals surface area contributed by atoms with E-state index >= 15 is 0 Å². The summed E-state index contributed by atoms with van der Waals surface area (Å²) in [5, 5.41) is 11.3. The summed E-state index contributed by atoms with van der Waals surface area (Å²) in [4.78, 5) is 22.0. The fraction of sp³-hybridized carbons (Fsp3) is 0.130. The van der Waals surface area contributed by atoms with Crippen molar-refractivity contribution in [3.8, 4) is 0 Å². The number of aliphatic carboxylic acids is 1. The molecule has 0 spiro atoms. The molecule has 2 N–H and O–H groups in total. The Kier molecular flexibility index (Phi) is 9.60. The molecule has 4 nitrogen and oxygen atoms in total. The van der Waals surface area contributed by atoms with Crippen molar-refractivity contribution in [2.24, 2.45) is 0 Å². The Hall–Kier alpha value is -2.44. The van der Waals surface area contributed by atoms with Gasteiger partial charge >= 0.3 is 5.97 Å². The van der Waals surface area contributed by atoms with Gasteiger partial charge in [0.2, 0.25) is 5.91 Å². The van der Waals surface area contributed by atoms with Gasteiger partial charge in [-0.2, -0.15) is 0 Å². The molecule has 150 valence electrons. The first-order valence-electron chi connectivity index (χ1n) is 8.93. The Morgan fingerprint density at radius 3 is 1.66 bits per heavy atom. The Labute approximate surface area is 187 Å². The van der Waals surface area contributed by atoms with Gasteiger partial charge in [0.05, 0.1) is 12.8 Å². The average molecular weight is 519 g/mol. The fourth-order valence-electron chi connectivity index (χ4n) is 2.42. The molecule has 3 aromatic carbocycles. The lowest BCUT2D eigenvalue weighted by Gasteiger charge is -2.05. The number of carboxylic acid groups (broad SMARTS) is 1. The van der Waals surface area contributed by atoms with Crippen LogP contribution in [-0.4, -0.2) is 17.0 Å². The predicted molar refractivity (Wildman–Crippen MR) is 122 cm³/mol. The molecule has 0 atom stereocenters. The molecule has 0 aliphatic rings. The molecule has 29 heavy (non-hydrogen) atoms. The molecule has 0 saturated heterocycles. The van der Waals surface area contributed by atoms with Gasteiger partial charge in [0.1, 0.15) is 0 Å². The Morgan fingerprint density at radius 2 is 1.17 bits per heavy atom. The minimum atomic E-state index is -0.799. The van der Waals surface area contributed by atoms with E-state index in [1.165, 1.54) is 0 Å². The first-order valence-corrected chi connectivity index (χ1v) is 10.5. The number of benzene rings is 3. The van der Waals surface area contributed by atoms with Crippen molar-refractivity contribution in [2.45, 2.75) is 19.4 Å². The van der Waals surface area contributed by atoms with E-state index in [0.29, 0.717) is 13.0 Å². The zero-order valence-electron chi connectivity index (χ0n) is 15.6. The summed E-state index contributed by atoms with van der Waals surface area (Å²) < 4.78 is 1.99. The van der Waals surface area contributed by atoms with E-state index in [4.69, 9.17) is 5.11 Å². The molecule has 0 bridgehead atoms. The van der Waals surface area contributed by atoms with E-state index in [-0.39, 0.29) is 12.3 Å². The number of amides is 1. The third-order valence-corrected chi connectivity index (χ3v) is 4.94. The van der Waals surface area contributed by atoms with Crippen LogP contribution in [0.2, 0.25) is 0 Å². The van der Waals surface area contributed by atoms with Gasteiger partial charge in [0, 0.05) is 15.5 Å². The van der Waals surface area contributed by atoms with E-state index in [0.717, 1.165) is 25.6 Å². The number of hydrogen-bond donors (Lipinski definition) is 2. The number of hydrogen-bond acceptors (Lipinski definition) is 2. The average Bonchev–Trinajstić information content (AvgIpc) is 2.71. The summed E-state index contributed by atoms with van der Waals surface area (Å²) in [6, 6.07) is 24.9. The highest BCUT2D eigenvalue weighted by atomic mass is 79.9. The fourth-order valence-corrected chi connectivity index (χ4v) is 2.95. The second kappa shape index (κ2) is 12.2. The van der Waals surface area contributed by atoms with Crippen molar-refractivity contribution in [2.75, 3.05) is 0 Å². The van der Waals surface area contributed by atoms with Crippen molar-refractivity contribution in [1.82, 2.24) is 5.32 Å². The maximum Gasteiger partial charge on any atom is 0.307 e. The topological polar surface area (TPSA) is 66.4 Å². The van der Waals surface area contributed by atoms with E-state index < -0.39 is 5.97 Å². The highest BCUT2D eigenvalue weighted by Crippen LogP contribution is 2.11. The van der Waals surface area contributed by atoms with Crippen LogP contribution >= 0.6 is 31.9 Å². The van der Waals surface area contributed by atoms with Crippen LogP contribution in [0.3, 0.4) is 0 Å². The maximum absolute atomic E-state index is 11.7.